The minimum Gasteiger partial charge on any atom is -0.477 e. The van der Waals surface area contributed by atoms with E-state index in [1.807, 2.05) is 24.4 Å². The highest BCUT2D eigenvalue weighted by atomic mass is 35.5. The molecule has 2 heterocycles. The zero-order chi connectivity index (χ0) is 15.0. The number of rotatable bonds is 4. The molecule has 0 fully saturated rings. The lowest BCUT2D eigenvalue weighted by Gasteiger charge is -2.03. The highest BCUT2D eigenvalue weighted by Crippen LogP contribution is 2.30. The van der Waals surface area contributed by atoms with Gasteiger partial charge in [-0.05, 0) is 24.1 Å². The molecule has 21 heavy (non-hydrogen) atoms. The molecule has 0 atom stereocenters. The molecule has 3 aromatic rings. The first-order chi connectivity index (χ1) is 10.1. The molecule has 0 aliphatic rings. The number of hydrogen-bond acceptors (Lipinski definition) is 3. The number of carbonyl (C=O) groups is 1. The maximum absolute atomic E-state index is 11.6. The molecule has 0 unspecified atom stereocenters. The predicted molar refractivity (Wildman–Crippen MR) is 84.5 cm³/mol. The number of carboxylic acids is 1. The maximum Gasteiger partial charge on any atom is 0.354 e. The number of aromatic carboxylic acids is 1. The number of carboxylic acid groups (broad SMARTS) is 1. The third kappa shape index (κ3) is 2.43. The normalized spacial score (nSPS) is 11.1. The Labute approximate surface area is 130 Å². The van der Waals surface area contributed by atoms with Crippen LogP contribution in [0.15, 0.2) is 29.6 Å². The number of hydrogen-bond donors (Lipinski definition) is 1. The van der Waals surface area contributed by atoms with E-state index in [0.717, 1.165) is 17.7 Å². The Morgan fingerprint density at radius 2 is 2.10 bits per heavy atom. The monoisotopic (exact) mass is 320 g/mol. The molecule has 3 rings (SSSR count). The minimum absolute atomic E-state index is 0.262. The first kappa shape index (κ1) is 14.1. The lowest BCUT2D eigenvalue weighted by Crippen LogP contribution is -2.06. The second-order valence-electron chi connectivity index (χ2n) is 4.71. The highest BCUT2D eigenvalue weighted by molar-refractivity contribution is 7.15. The molecule has 0 saturated carbocycles. The molecular formula is C15H13ClN2O2S. The number of halogens is 1. The van der Waals surface area contributed by atoms with Crippen molar-refractivity contribution in [3.63, 3.8) is 0 Å². The van der Waals surface area contributed by atoms with E-state index in [-0.39, 0.29) is 5.69 Å². The second kappa shape index (κ2) is 5.50. The first-order valence-corrected chi connectivity index (χ1v) is 7.85. The lowest BCUT2D eigenvalue weighted by atomic mass is 10.1. The fourth-order valence-electron chi connectivity index (χ4n) is 2.35. The highest BCUT2D eigenvalue weighted by Gasteiger charge is 2.21. The van der Waals surface area contributed by atoms with E-state index < -0.39 is 5.97 Å². The van der Waals surface area contributed by atoms with Crippen LogP contribution in [0, 0.1) is 0 Å². The predicted octanol–water partition coefficient (Wildman–Crippen LogP) is 4.37. The van der Waals surface area contributed by atoms with Gasteiger partial charge in [-0.15, -0.1) is 11.3 Å². The van der Waals surface area contributed by atoms with Gasteiger partial charge in [-0.2, -0.15) is 0 Å². The molecular weight excluding hydrogens is 308 g/mol. The van der Waals surface area contributed by atoms with Crippen LogP contribution in [0.3, 0.4) is 0 Å². The van der Waals surface area contributed by atoms with Crippen LogP contribution in [0.1, 0.15) is 29.5 Å². The van der Waals surface area contributed by atoms with Crippen LogP contribution in [0.4, 0.5) is 0 Å². The summed E-state index contributed by atoms with van der Waals surface area (Å²) in [6.45, 7) is 2.01. The van der Waals surface area contributed by atoms with E-state index in [9.17, 15) is 9.90 Å². The van der Waals surface area contributed by atoms with Gasteiger partial charge in [-0.3, -0.25) is 4.40 Å². The topological polar surface area (TPSA) is 54.6 Å². The standard InChI is InChI=1S/C15H13ClN2O2S/c1-2-3-11-13(14(19)20)18-12(8-21-15(18)17-11)9-4-6-10(16)7-5-9/h4-8H,2-3H2,1H3,(H,19,20). The van der Waals surface area contributed by atoms with Gasteiger partial charge in [-0.1, -0.05) is 37.1 Å². The Bertz CT molecular complexity index is 805. The van der Waals surface area contributed by atoms with Crippen molar-refractivity contribution in [3.05, 3.63) is 46.1 Å². The minimum atomic E-state index is -0.945. The summed E-state index contributed by atoms with van der Waals surface area (Å²) in [4.78, 5) is 16.8. The quantitative estimate of drug-likeness (QED) is 0.776. The molecule has 108 valence electrons. The van der Waals surface area contributed by atoms with Crippen LogP contribution < -0.4 is 0 Å². The fraction of sp³-hybridized carbons (Fsp3) is 0.200. The van der Waals surface area contributed by atoms with Gasteiger partial charge in [-0.25, -0.2) is 9.78 Å². The van der Waals surface area contributed by atoms with Crippen LogP contribution in [-0.2, 0) is 6.42 Å². The zero-order valence-corrected chi connectivity index (χ0v) is 12.9. The van der Waals surface area contributed by atoms with Crippen LogP contribution in [0.5, 0.6) is 0 Å². The van der Waals surface area contributed by atoms with Gasteiger partial charge < -0.3 is 5.11 Å². The number of nitrogens with zero attached hydrogens (tertiary/aromatic N) is 2. The third-order valence-corrected chi connectivity index (χ3v) is 4.34. The van der Waals surface area contributed by atoms with E-state index in [1.165, 1.54) is 11.3 Å². The van der Waals surface area contributed by atoms with Crippen molar-refractivity contribution in [2.75, 3.05) is 0 Å². The Kier molecular flexibility index (Phi) is 3.69. The van der Waals surface area contributed by atoms with E-state index in [1.54, 1.807) is 16.5 Å². The largest absolute Gasteiger partial charge is 0.477 e. The molecule has 0 spiro atoms. The summed E-state index contributed by atoms with van der Waals surface area (Å²) in [6, 6.07) is 7.36. The lowest BCUT2D eigenvalue weighted by molar-refractivity contribution is 0.0688. The van der Waals surface area contributed by atoms with Crippen LogP contribution in [-0.4, -0.2) is 20.5 Å². The SMILES string of the molecule is CCCc1nc2scc(-c3ccc(Cl)cc3)n2c1C(=O)O. The average Bonchev–Trinajstić information content (AvgIpc) is 2.98. The molecule has 2 aromatic heterocycles. The summed E-state index contributed by atoms with van der Waals surface area (Å²) in [5.41, 5.74) is 2.66. The summed E-state index contributed by atoms with van der Waals surface area (Å²) in [5, 5.41) is 12.1. The van der Waals surface area contributed by atoms with Crippen LogP contribution >= 0.6 is 22.9 Å². The van der Waals surface area contributed by atoms with Crippen molar-refractivity contribution in [2.45, 2.75) is 19.8 Å². The molecule has 1 aromatic carbocycles. The van der Waals surface area contributed by atoms with Gasteiger partial charge in [0.1, 0.15) is 0 Å². The van der Waals surface area contributed by atoms with Crippen LogP contribution in [0.2, 0.25) is 5.02 Å². The number of fused-ring (bicyclic) bond motifs is 1. The second-order valence-corrected chi connectivity index (χ2v) is 5.98. The molecule has 0 saturated heterocycles. The number of aryl methyl sites for hydroxylation is 1. The van der Waals surface area contributed by atoms with Gasteiger partial charge in [0.25, 0.3) is 0 Å². The van der Waals surface area contributed by atoms with Crippen molar-refractivity contribution in [2.24, 2.45) is 0 Å². The van der Waals surface area contributed by atoms with E-state index in [0.29, 0.717) is 22.1 Å². The summed E-state index contributed by atoms with van der Waals surface area (Å²) in [6.07, 6.45) is 1.53. The number of imidazole rings is 1. The smallest absolute Gasteiger partial charge is 0.354 e. The summed E-state index contributed by atoms with van der Waals surface area (Å²) in [5.74, 6) is -0.945. The average molecular weight is 321 g/mol. The van der Waals surface area contributed by atoms with E-state index in [4.69, 9.17) is 11.6 Å². The Balaban J connectivity index is 2.24. The Hall–Kier alpha value is -1.85. The molecule has 4 nitrogen and oxygen atoms in total. The van der Waals surface area contributed by atoms with Crippen molar-refractivity contribution in [1.82, 2.24) is 9.38 Å². The summed E-state index contributed by atoms with van der Waals surface area (Å²) >= 11 is 7.35. The Morgan fingerprint density at radius 1 is 1.38 bits per heavy atom. The van der Waals surface area contributed by atoms with Crippen molar-refractivity contribution < 1.29 is 9.90 Å². The fourth-order valence-corrected chi connectivity index (χ4v) is 3.40. The molecule has 0 bridgehead atoms. The number of benzene rings is 1. The van der Waals surface area contributed by atoms with Crippen molar-refractivity contribution in [3.8, 4) is 11.3 Å². The zero-order valence-electron chi connectivity index (χ0n) is 11.3. The van der Waals surface area contributed by atoms with E-state index >= 15 is 0 Å². The van der Waals surface area contributed by atoms with Gasteiger partial charge in [0.15, 0.2) is 10.7 Å². The molecule has 6 heteroatoms. The van der Waals surface area contributed by atoms with Crippen LogP contribution in [0.25, 0.3) is 16.2 Å². The van der Waals surface area contributed by atoms with Crippen molar-refractivity contribution >= 4 is 33.9 Å². The van der Waals surface area contributed by atoms with Crippen molar-refractivity contribution in [1.29, 1.82) is 0 Å². The van der Waals surface area contributed by atoms with Gasteiger partial charge in [0.2, 0.25) is 0 Å². The Morgan fingerprint density at radius 3 is 2.71 bits per heavy atom. The maximum atomic E-state index is 11.6. The number of aromatic nitrogens is 2. The van der Waals surface area contributed by atoms with Gasteiger partial charge >= 0.3 is 5.97 Å². The summed E-state index contributed by atoms with van der Waals surface area (Å²) < 4.78 is 1.72. The molecule has 1 N–H and O–H groups in total. The molecule has 0 aliphatic heterocycles. The molecule has 0 radical (unpaired) electrons. The van der Waals surface area contributed by atoms with Gasteiger partial charge in [0.05, 0.1) is 11.4 Å². The first-order valence-electron chi connectivity index (χ1n) is 6.60. The summed E-state index contributed by atoms with van der Waals surface area (Å²) in [7, 11) is 0. The molecule has 0 amide bonds. The molecule has 0 aliphatic carbocycles. The van der Waals surface area contributed by atoms with E-state index in [2.05, 4.69) is 4.98 Å². The third-order valence-electron chi connectivity index (χ3n) is 3.27. The van der Waals surface area contributed by atoms with Gasteiger partial charge in [0, 0.05) is 10.4 Å². The number of thiazole rings is 1.